The number of esters is 1. The van der Waals surface area contributed by atoms with Crippen LogP contribution in [0, 0.1) is 0 Å². The molecule has 1 aliphatic rings. The van der Waals surface area contributed by atoms with Crippen LogP contribution in [0.25, 0.3) is 11.0 Å². The zero-order chi connectivity index (χ0) is 31.9. The molecule has 10 heteroatoms. The van der Waals surface area contributed by atoms with Crippen LogP contribution in [0.3, 0.4) is 0 Å². The van der Waals surface area contributed by atoms with Crippen LogP contribution in [0.1, 0.15) is 42.6 Å². The molecule has 1 aliphatic heterocycles. The van der Waals surface area contributed by atoms with Gasteiger partial charge in [0.2, 0.25) is 5.75 Å². The molecule has 0 N–H and O–H groups in total. The van der Waals surface area contributed by atoms with Crippen molar-refractivity contribution in [2.75, 3.05) is 47.4 Å². The molecule has 0 radical (unpaired) electrons. The average Bonchev–Trinajstić information content (AvgIpc) is 3.05. The van der Waals surface area contributed by atoms with Gasteiger partial charge < -0.3 is 28.3 Å². The molecule has 1 saturated heterocycles. The van der Waals surface area contributed by atoms with Crippen molar-refractivity contribution in [3.8, 4) is 23.0 Å². The summed E-state index contributed by atoms with van der Waals surface area (Å²) in [6, 6.07) is 17.8. The van der Waals surface area contributed by atoms with E-state index in [1.807, 2.05) is 50.2 Å². The number of fused-ring (bicyclic) bond motifs is 1. The highest BCUT2D eigenvalue weighted by Gasteiger charge is 2.23. The van der Waals surface area contributed by atoms with Crippen molar-refractivity contribution < 1.29 is 28.2 Å². The van der Waals surface area contributed by atoms with E-state index >= 15 is 0 Å². The summed E-state index contributed by atoms with van der Waals surface area (Å²) in [6.45, 7) is 9.19. The van der Waals surface area contributed by atoms with E-state index in [0.29, 0.717) is 33.5 Å². The molecule has 0 amide bonds. The monoisotopic (exact) mass is 632 g/mol. The van der Waals surface area contributed by atoms with Gasteiger partial charge in [-0.3, -0.25) is 9.69 Å². The number of methoxy groups -OCH3 is 2. The molecule has 0 bridgehead atoms. The molecular weight excluding hydrogens is 592 g/mol. The molecule has 2 heterocycles. The van der Waals surface area contributed by atoms with Gasteiger partial charge in [0.25, 0.3) is 0 Å². The molecule has 0 aliphatic carbocycles. The topological polar surface area (TPSA) is 90.7 Å². The van der Waals surface area contributed by atoms with Gasteiger partial charge in [-0.05, 0) is 61.9 Å². The van der Waals surface area contributed by atoms with Crippen LogP contribution < -0.4 is 24.4 Å². The molecule has 0 unspecified atom stereocenters. The average molecular weight is 633 g/mol. The smallest absolute Gasteiger partial charge is 0.343 e. The molecule has 9 nitrogen and oxygen atoms in total. The Morgan fingerprint density at radius 1 is 0.911 bits per heavy atom. The van der Waals surface area contributed by atoms with Crippen molar-refractivity contribution in [1.82, 2.24) is 9.80 Å². The van der Waals surface area contributed by atoms with E-state index in [1.54, 1.807) is 18.2 Å². The molecule has 1 fully saturated rings. The van der Waals surface area contributed by atoms with Gasteiger partial charge in [0, 0.05) is 49.8 Å². The first-order chi connectivity index (χ1) is 21.8. The lowest BCUT2D eigenvalue weighted by Gasteiger charge is -2.32. The molecule has 3 aromatic carbocycles. The number of carbonyl (C=O) groups is 1. The van der Waals surface area contributed by atoms with E-state index in [-0.39, 0.29) is 22.7 Å². The fourth-order valence-corrected chi connectivity index (χ4v) is 6.06. The van der Waals surface area contributed by atoms with Gasteiger partial charge in [0.1, 0.15) is 16.7 Å². The highest BCUT2D eigenvalue weighted by molar-refractivity contribution is 7.99. The summed E-state index contributed by atoms with van der Waals surface area (Å²) in [6.07, 6.45) is 1.60. The first kappa shape index (κ1) is 32.4. The highest BCUT2D eigenvalue weighted by atomic mass is 32.2. The third kappa shape index (κ3) is 7.81. The zero-order valence-electron chi connectivity index (χ0n) is 26.5. The first-order valence-corrected chi connectivity index (χ1v) is 16.0. The van der Waals surface area contributed by atoms with Crippen molar-refractivity contribution >= 4 is 28.7 Å². The molecular formula is C35H40N2O7S. The van der Waals surface area contributed by atoms with Crippen molar-refractivity contribution in [2.24, 2.45) is 0 Å². The predicted octanol–water partition coefficient (Wildman–Crippen LogP) is 6.50. The van der Waals surface area contributed by atoms with Crippen LogP contribution in [0.15, 0.2) is 79.9 Å². The Hall–Kier alpha value is -3.99. The summed E-state index contributed by atoms with van der Waals surface area (Å²) < 4.78 is 29.1. The SMILES string of the molecule is CCC(CC)Oc1cc2oc(Sc3ccc(OC(=O)c4ccc(CN5CCN(C)CC5)cc4)cc3)cc(=O)c2c(OC)c1OC. The molecule has 5 rings (SSSR count). The van der Waals surface area contributed by atoms with Crippen LogP contribution in [0.2, 0.25) is 0 Å². The van der Waals surface area contributed by atoms with Crippen LogP contribution >= 0.6 is 11.8 Å². The van der Waals surface area contributed by atoms with Gasteiger partial charge in [-0.15, -0.1) is 0 Å². The van der Waals surface area contributed by atoms with Crippen molar-refractivity contribution in [2.45, 2.75) is 49.3 Å². The minimum Gasteiger partial charge on any atom is -0.492 e. The standard InChI is InChI=1S/C35H40N2O7S/c1-6-25(7-2)42-30-21-29-32(34(41-5)33(30)40-4)28(38)20-31(44-29)45-27-14-12-26(13-15-27)43-35(39)24-10-8-23(9-11-24)22-37-18-16-36(3)17-19-37/h8-15,20-21,25H,6-7,16-19,22H2,1-5H3. The van der Waals surface area contributed by atoms with Crippen LogP contribution in [-0.4, -0.2) is 69.3 Å². The van der Waals surface area contributed by atoms with E-state index in [4.69, 9.17) is 23.4 Å². The van der Waals surface area contributed by atoms with E-state index in [1.165, 1.54) is 37.6 Å². The second-order valence-corrected chi connectivity index (χ2v) is 12.1. The van der Waals surface area contributed by atoms with Gasteiger partial charge in [0.05, 0.1) is 25.9 Å². The number of benzene rings is 3. The molecule has 0 saturated carbocycles. The number of ether oxygens (including phenoxy) is 4. The third-order valence-electron chi connectivity index (χ3n) is 7.93. The second-order valence-electron chi connectivity index (χ2n) is 11.0. The minimum absolute atomic E-state index is 0.0236. The Morgan fingerprint density at radius 2 is 1.58 bits per heavy atom. The number of likely N-dealkylation sites (N-methyl/N-ethyl adjacent to an activating group) is 1. The predicted molar refractivity (Wildman–Crippen MR) is 175 cm³/mol. The Bertz CT molecular complexity index is 1660. The fourth-order valence-electron chi connectivity index (χ4n) is 5.25. The molecule has 45 heavy (non-hydrogen) atoms. The lowest BCUT2D eigenvalue weighted by Crippen LogP contribution is -2.43. The van der Waals surface area contributed by atoms with Crippen molar-refractivity contribution in [3.63, 3.8) is 0 Å². The summed E-state index contributed by atoms with van der Waals surface area (Å²) in [5.74, 6) is 1.09. The largest absolute Gasteiger partial charge is 0.492 e. The first-order valence-electron chi connectivity index (χ1n) is 15.2. The summed E-state index contributed by atoms with van der Waals surface area (Å²) >= 11 is 1.28. The van der Waals surface area contributed by atoms with Gasteiger partial charge in [-0.25, -0.2) is 4.79 Å². The number of nitrogens with zero attached hydrogens (tertiary/aromatic N) is 2. The Labute approximate surface area is 268 Å². The number of hydrogen-bond acceptors (Lipinski definition) is 10. The summed E-state index contributed by atoms with van der Waals surface area (Å²) in [5, 5.41) is 0.680. The lowest BCUT2D eigenvalue weighted by atomic mass is 10.1. The molecule has 1 aromatic heterocycles. The fraction of sp³-hybridized carbons (Fsp3) is 0.371. The van der Waals surface area contributed by atoms with E-state index < -0.39 is 5.97 Å². The molecule has 238 valence electrons. The maximum absolute atomic E-state index is 13.2. The van der Waals surface area contributed by atoms with Crippen molar-refractivity contribution in [3.05, 3.63) is 82.0 Å². The van der Waals surface area contributed by atoms with Gasteiger partial charge in [0.15, 0.2) is 22.0 Å². The molecule has 4 aromatic rings. The number of carbonyl (C=O) groups excluding carboxylic acids is 1. The Balaban J connectivity index is 1.27. The van der Waals surface area contributed by atoms with Crippen molar-refractivity contribution in [1.29, 1.82) is 0 Å². The normalized spacial score (nSPS) is 14.1. The van der Waals surface area contributed by atoms with Crippen LogP contribution in [-0.2, 0) is 6.54 Å². The van der Waals surface area contributed by atoms with Gasteiger partial charge in [-0.2, -0.15) is 0 Å². The van der Waals surface area contributed by atoms with E-state index in [0.717, 1.165) is 50.5 Å². The summed E-state index contributed by atoms with van der Waals surface area (Å²) in [4.78, 5) is 31.6. The summed E-state index contributed by atoms with van der Waals surface area (Å²) in [7, 11) is 5.15. The zero-order valence-corrected chi connectivity index (χ0v) is 27.3. The van der Waals surface area contributed by atoms with E-state index in [9.17, 15) is 9.59 Å². The maximum atomic E-state index is 13.2. The quantitative estimate of drug-likeness (QED) is 0.127. The number of piperazine rings is 1. The third-order valence-corrected chi connectivity index (χ3v) is 8.84. The Kier molecular flexibility index (Phi) is 10.7. The van der Waals surface area contributed by atoms with Gasteiger partial charge >= 0.3 is 5.97 Å². The lowest BCUT2D eigenvalue weighted by molar-refractivity contribution is 0.0734. The van der Waals surface area contributed by atoms with Crippen LogP contribution in [0.4, 0.5) is 0 Å². The van der Waals surface area contributed by atoms with Crippen LogP contribution in [0.5, 0.6) is 23.0 Å². The van der Waals surface area contributed by atoms with Gasteiger partial charge in [-0.1, -0.05) is 37.7 Å². The highest BCUT2D eigenvalue weighted by Crippen LogP contribution is 2.44. The van der Waals surface area contributed by atoms with E-state index in [2.05, 4.69) is 16.8 Å². The molecule has 0 atom stereocenters. The molecule has 0 spiro atoms. The second kappa shape index (κ2) is 14.9. The maximum Gasteiger partial charge on any atom is 0.343 e. The summed E-state index contributed by atoms with van der Waals surface area (Å²) in [5.41, 5.74) is 1.74. The number of hydrogen-bond donors (Lipinski definition) is 0. The number of rotatable bonds is 12. The minimum atomic E-state index is -0.419. The Morgan fingerprint density at radius 3 is 2.20 bits per heavy atom.